The van der Waals surface area contributed by atoms with Crippen LogP contribution in [0.25, 0.3) is 22.6 Å². The van der Waals surface area contributed by atoms with Crippen LogP contribution in [-0.4, -0.2) is 15.2 Å². The monoisotopic (exact) mass is 556 g/mol. The molecule has 0 spiro atoms. The Balaban J connectivity index is 1.32. The van der Waals surface area contributed by atoms with E-state index in [0.717, 1.165) is 32.8 Å². The molecule has 3 aromatic carbocycles. The number of rotatable bonds is 5. The van der Waals surface area contributed by atoms with Gasteiger partial charge in [0.2, 0.25) is 17.3 Å². The molecule has 2 aromatic heterocycles. The number of thioether (sulfide) groups is 1. The summed E-state index contributed by atoms with van der Waals surface area (Å²) in [6.45, 7) is 2.08. The summed E-state index contributed by atoms with van der Waals surface area (Å²) in [6, 6.07) is 28.2. The van der Waals surface area contributed by atoms with Crippen molar-refractivity contribution in [3.05, 3.63) is 106 Å². The van der Waals surface area contributed by atoms with Crippen LogP contribution in [0, 0.1) is 6.92 Å². The Kier molecular flexibility index (Phi) is 6.21. The second-order valence-electron chi connectivity index (χ2n) is 8.42. The lowest BCUT2D eigenvalue weighted by Crippen LogP contribution is -2.16. The van der Waals surface area contributed by atoms with Crippen LogP contribution in [0.4, 0.5) is 5.69 Å². The molecular formula is C28H21BrN4O2S. The molecule has 0 aliphatic carbocycles. The molecule has 0 bridgehead atoms. The molecule has 0 saturated carbocycles. The fourth-order valence-electron chi connectivity index (χ4n) is 3.96. The summed E-state index contributed by atoms with van der Waals surface area (Å²) in [5.74, 6) is 2.55. The molecule has 0 unspecified atom stereocenters. The first-order chi connectivity index (χ1) is 17.6. The number of nitrogens with one attached hydrogen (secondary N) is 1. The fraction of sp³-hybridized carbons (Fsp3) is 0.107. The van der Waals surface area contributed by atoms with Crippen LogP contribution in [0.2, 0.25) is 0 Å². The molecule has 6 nitrogen and oxygen atoms in total. The summed E-state index contributed by atoms with van der Waals surface area (Å²) >= 11 is 5.05. The van der Waals surface area contributed by atoms with Crippen molar-refractivity contribution in [3.63, 3.8) is 0 Å². The van der Waals surface area contributed by atoms with Gasteiger partial charge < -0.3 is 14.5 Å². The summed E-state index contributed by atoms with van der Waals surface area (Å²) in [6.07, 6.45) is -0.583. The molecule has 1 aliphatic rings. The number of ether oxygens (including phenoxy) is 1. The number of aryl methyl sites for hydroxylation is 1. The van der Waals surface area contributed by atoms with Gasteiger partial charge in [0.05, 0.1) is 0 Å². The molecule has 0 fully saturated rings. The molecule has 5 aromatic rings. The molecule has 0 radical (unpaired) electrons. The molecule has 3 heterocycles. The predicted octanol–water partition coefficient (Wildman–Crippen LogP) is 7.66. The zero-order chi connectivity index (χ0) is 24.5. The standard InChI is InChI=1S/C28H21BrN4O2S/c1-17-9-11-18(12-10-17)16-36-28-31-27-25(32-33-28)21-7-2-3-8-22(21)30-26(35-27)24-14-13-23(34-24)19-5-4-6-20(29)15-19/h2-15,26,30H,16H2,1H3/t26-/m1/s1. The molecule has 1 N–H and O–H groups in total. The topological polar surface area (TPSA) is 73.1 Å². The van der Waals surface area contributed by atoms with Crippen LogP contribution >= 0.6 is 27.7 Å². The highest BCUT2D eigenvalue weighted by Gasteiger charge is 2.28. The molecule has 178 valence electrons. The Morgan fingerprint density at radius 2 is 1.81 bits per heavy atom. The normalized spacial score (nSPS) is 14.2. The molecule has 1 aliphatic heterocycles. The van der Waals surface area contributed by atoms with Gasteiger partial charge in [0, 0.05) is 27.0 Å². The maximum atomic E-state index is 6.37. The maximum Gasteiger partial charge on any atom is 0.247 e. The summed E-state index contributed by atoms with van der Waals surface area (Å²) in [7, 11) is 0. The predicted molar refractivity (Wildman–Crippen MR) is 145 cm³/mol. The number of hydrogen-bond donors (Lipinski definition) is 1. The number of para-hydroxylation sites is 1. The average Bonchev–Trinajstić information content (AvgIpc) is 3.33. The third-order valence-electron chi connectivity index (χ3n) is 5.82. The maximum absolute atomic E-state index is 6.37. The van der Waals surface area contributed by atoms with Crippen molar-refractivity contribution >= 4 is 33.4 Å². The van der Waals surface area contributed by atoms with Crippen molar-refractivity contribution in [3.8, 4) is 28.5 Å². The zero-order valence-electron chi connectivity index (χ0n) is 19.3. The van der Waals surface area contributed by atoms with Crippen molar-refractivity contribution < 1.29 is 9.15 Å². The van der Waals surface area contributed by atoms with Gasteiger partial charge >= 0.3 is 0 Å². The van der Waals surface area contributed by atoms with E-state index < -0.39 is 6.23 Å². The fourth-order valence-corrected chi connectivity index (χ4v) is 5.09. The van der Waals surface area contributed by atoms with E-state index in [-0.39, 0.29) is 0 Å². The SMILES string of the molecule is Cc1ccc(CSc2nnc3c(n2)O[C@H](c2ccc(-c4cccc(Br)c4)o2)Nc2ccccc2-3)cc1. The van der Waals surface area contributed by atoms with Crippen LogP contribution in [0.3, 0.4) is 0 Å². The first kappa shape index (κ1) is 22.8. The van der Waals surface area contributed by atoms with Gasteiger partial charge in [0.25, 0.3) is 0 Å². The Morgan fingerprint density at radius 3 is 2.67 bits per heavy atom. The lowest BCUT2D eigenvalue weighted by molar-refractivity contribution is 0.196. The minimum Gasteiger partial charge on any atom is -0.455 e. The van der Waals surface area contributed by atoms with Gasteiger partial charge in [-0.15, -0.1) is 10.2 Å². The van der Waals surface area contributed by atoms with Gasteiger partial charge in [0.15, 0.2) is 11.5 Å². The summed E-state index contributed by atoms with van der Waals surface area (Å²) in [4.78, 5) is 4.74. The van der Waals surface area contributed by atoms with E-state index in [1.165, 1.54) is 22.9 Å². The minimum atomic E-state index is -0.583. The van der Waals surface area contributed by atoms with E-state index in [4.69, 9.17) is 14.1 Å². The largest absolute Gasteiger partial charge is 0.455 e. The smallest absolute Gasteiger partial charge is 0.247 e. The van der Waals surface area contributed by atoms with Crippen LogP contribution < -0.4 is 10.1 Å². The number of nitrogens with zero attached hydrogens (tertiary/aromatic N) is 3. The summed E-state index contributed by atoms with van der Waals surface area (Å²) < 4.78 is 13.6. The van der Waals surface area contributed by atoms with Gasteiger partial charge in [-0.1, -0.05) is 87.9 Å². The third kappa shape index (κ3) is 4.74. The quantitative estimate of drug-likeness (QED) is 0.222. The number of furan rings is 1. The molecule has 0 saturated heterocycles. The van der Waals surface area contributed by atoms with Crippen LogP contribution in [0.5, 0.6) is 5.88 Å². The number of anilines is 1. The molecule has 1 atom stereocenters. The molecule has 6 rings (SSSR count). The summed E-state index contributed by atoms with van der Waals surface area (Å²) in [5.41, 5.74) is 5.76. The number of aromatic nitrogens is 3. The van der Waals surface area contributed by atoms with E-state index in [9.17, 15) is 0 Å². The van der Waals surface area contributed by atoms with Gasteiger partial charge in [-0.25, -0.2) is 0 Å². The Bertz CT molecular complexity index is 1540. The second kappa shape index (κ2) is 9.79. The van der Waals surface area contributed by atoms with Gasteiger partial charge in [0.1, 0.15) is 5.76 Å². The average molecular weight is 557 g/mol. The highest BCUT2D eigenvalue weighted by Crippen LogP contribution is 2.40. The number of fused-ring (bicyclic) bond motifs is 3. The highest BCUT2D eigenvalue weighted by atomic mass is 79.9. The summed E-state index contributed by atoms with van der Waals surface area (Å²) in [5, 5.41) is 12.9. The van der Waals surface area contributed by atoms with Crippen LogP contribution in [-0.2, 0) is 5.75 Å². The number of benzene rings is 3. The van der Waals surface area contributed by atoms with Gasteiger partial charge in [-0.3, -0.25) is 0 Å². The zero-order valence-corrected chi connectivity index (χ0v) is 21.7. The molecule has 8 heteroatoms. The Labute approximate surface area is 221 Å². The van der Waals surface area contributed by atoms with E-state index >= 15 is 0 Å². The lowest BCUT2D eigenvalue weighted by atomic mass is 10.1. The van der Waals surface area contributed by atoms with E-state index in [1.807, 2.05) is 60.7 Å². The highest BCUT2D eigenvalue weighted by molar-refractivity contribution is 9.10. The molecule has 36 heavy (non-hydrogen) atoms. The van der Waals surface area contributed by atoms with Crippen molar-refractivity contribution in [2.45, 2.75) is 24.1 Å². The Morgan fingerprint density at radius 1 is 0.944 bits per heavy atom. The van der Waals surface area contributed by atoms with Crippen molar-refractivity contribution in [1.82, 2.24) is 15.2 Å². The first-order valence-corrected chi connectivity index (χ1v) is 13.2. The van der Waals surface area contributed by atoms with Crippen molar-refractivity contribution in [2.75, 3.05) is 5.32 Å². The van der Waals surface area contributed by atoms with Crippen molar-refractivity contribution in [1.29, 1.82) is 0 Å². The first-order valence-electron chi connectivity index (χ1n) is 11.4. The lowest BCUT2D eigenvalue weighted by Gasteiger charge is -2.16. The van der Waals surface area contributed by atoms with E-state index in [2.05, 4.69) is 62.6 Å². The Hall–Kier alpha value is -3.62. The molecule has 0 amide bonds. The van der Waals surface area contributed by atoms with E-state index in [1.54, 1.807) is 0 Å². The number of hydrogen-bond acceptors (Lipinski definition) is 7. The van der Waals surface area contributed by atoms with Crippen molar-refractivity contribution in [2.24, 2.45) is 0 Å². The third-order valence-corrected chi connectivity index (χ3v) is 7.22. The molecular weight excluding hydrogens is 536 g/mol. The minimum absolute atomic E-state index is 0.416. The second-order valence-corrected chi connectivity index (χ2v) is 10.3. The van der Waals surface area contributed by atoms with E-state index in [0.29, 0.717) is 22.5 Å². The van der Waals surface area contributed by atoms with Gasteiger partial charge in [-0.05, 0) is 42.8 Å². The number of halogens is 1. The van der Waals surface area contributed by atoms with Crippen LogP contribution in [0.15, 0.2) is 99.0 Å². The van der Waals surface area contributed by atoms with Gasteiger partial charge in [-0.2, -0.15) is 4.98 Å². The van der Waals surface area contributed by atoms with Crippen LogP contribution in [0.1, 0.15) is 23.1 Å².